The Balaban J connectivity index is 1.44. The van der Waals surface area contributed by atoms with E-state index < -0.39 is 95.6 Å². The number of hydrogen-bond donors (Lipinski definition) is 2. The minimum absolute atomic E-state index is 0.0415. The van der Waals surface area contributed by atoms with Gasteiger partial charge in [0.2, 0.25) is 0 Å². The van der Waals surface area contributed by atoms with Crippen molar-refractivity contribution in [1.29, 1.82) is 0 Å². The second-order valence-corrected chi connectivity index (χ2v) is 20.0. The van der Waals surface area contributed by atoms with Gasteiger partial charge in [-0.25, -0.2) is 4.79 Å². The van der Waals surface area contributed by atoms with Crippen LogP contribution in [0.2, 0.25) is 10.0 Å². The van der Waals surface area contributed by atoms with E-state index in [1.165, 1.54) is 44.5 Å². The lowest BCUT2D eigenvalue weighted by atomic mass is 9.73. The molecule has 69 heavy (non-hydrogen) atoms. The number of rotatable bonds is 14. The molecule has 0 aliphatic carbocycles. The summed E-state index contributed by atoms with van der Waals surface area (Å²) in [4.78, 5) is 76.3. The predicted octanol–water partition coefficient (Wildman–Crippen LogP) is 6.98. The van der Waals surface area contributed by atoms with Crippen molar-refractivity contribution < 1.29 is 67.0 Å². The molecule has 14 atom stereocenters. The molecule has 2 aromatic rings. The van der Waals surface area contributed by atoms with Gasteiger partial charge in [-0.05, 0) is 85.7 Å². The minimum atomic E-state index is -1.51. The van der Waals surface area contributed by atoms with Gasteiger partial charge in [-0.15, -0.1) is 0 Å². The van der Waals surface area contributed by atoms with Crippen LogP contribution in [-0.4, -0.2) is 151 Å². The topological polar surface area (TPSA) is 211 Å². The lowest BCUT2D eigenvalue weighted by Gasteiger charge is -2.48. The summed E-state index contributed by atoms with van der Waals surface area (Å²) in [5.74, 6) is -4.99. The average Bonchev–Trinajstić information content (AvgIpc) is 3.56. The van der Waals surface area contributed by atoms with Gasteiger partial charge < -0.3 is 58.1 Å². The van der Waals surface area contributed by atoms with Crippen LogP contribution < -0.4 is 14.8 Å². The van der Waals surface area contributed by atoms with E-state index in [9.17, 15) is 29.1 Å². The molecule has 0 spiro atoms. The zero-order chi connectivity index (χ0) is 51.3. The molecule has 0 unspecified atom stereocenters. The number of benzene rings is 1. The molecular formula is C49H70Cl2N4O14. The van der Waals surface area contributed by atoms with Crippen molar-refractivity contribution in [3.05, 3.63) is 46.2 Å². The van der Waals surface area contributed by atoms with Crippen molar-refractivity contribution >= 4 is 58.6 Å². The number of hydrogen-bond acceptors (Lipinski definition) is 16. The van der Waals surface area contributed by atoms with Gasteiger partial charge in [0.1, 0.15) is 11.9 Å². The third-order valence-electron chi connectivity index (χ3n) is 14.0. The number of nitrogens with zero attached hydrogens (tertiary/aromatic N) is 3. The Kier molecular flexibility index (Phi) is 18.8. The first kappa shape index (κ1) is 55.6. The second kappa shape index (κ2) is 23.3. The Morgan fingerprint density at radius 2 is 1.68 bits per heavy atom. The summed E-state index contributed by atoms with van der Waals surface area (Å²) >= 11 is 12.4. The molecule has 3 saturated heterocycles. The molecule has 1 aromatic carbocycles. The van der Waals surface area contributed by atoms with Crippen molar-refractivity contribution in [3.8, 4) is 11.5 Å². The minimum Gasteiger partial charge on any atom is -0.493 e. The summed E-state index contributed by atoms with van der Waals surface area (Å²) in [7, 11) is 6.69. The van der Waals surface area contributed by atoms with Gasteiger partial charge in [-0.1, -0.05) is 50.9 Å². The maximum absolute atomic E-state index is 14.9. The number of methoxy groups -OCH3 is 2. The summed E-state index contributed by atoms with van der Waals surface area (Å²) < 4.78 is 49.4. The number of Topliss-reactive ketones (excluding diaryl/α,β-unsaturated/α-hetero) is 1. The fraction of sp³-hybridized carbons (Fsp3) is 0.673. The van der Waals surface area contributed by atoms with E-state index in [-0.39, 0.29) is 77.4 Å². The molecular weight excluding hydrogens is 939 g/mol. The number of amides is 2. The molecule has 384 valence electrons. The van der Waals surface area contributed by atoms with Gasteiger partial charge in [-0.2, -0.15) is 0 Å². The third kappa shape index (κ3) is 12.2. The van der Waals surface area contributed by atoms with Gasteiger partial charge in [0.05, 0.1) is 71.4 Å². The fourth-order valence-corrected chi connectivity index (χ4v) is 10.7. The van der Waals surface area contributed by atoms with Crippen LogP contribution in [-0.2, 0) is 42.8 Å². The van der Waals surface area contributed by atoms with Crippen molar-refractivity contribution in [3.63, 3.8) is 0 Å². The first-order valence-corrected chi connectivity index (χ1v) is 24.2. The van der Waals surface area contributed by atoms with Crippen molar-refractivity contribution in [2.45, 2.75) is 148 Å². The largest absolute Gasteiger partial charge is 0.493 e. The molecule has 3 aliphatic heterocycles. The second-order valence-electron chi connectivity index (χ2n) is 19.2. The highest BCUT2D eigenvalue weighted by Gasteiger charge is 2.60. The summed E-state index contributed by atoms with van der Waals surface area (Å²) in [5.41, 5.74) is -2.41. The van der Waals surface area contributed by atoms with Gasteiger partial charge in [-0.3, -0.25) is 24.2 Å². The number of fused-ring (bicyclic) bond motifs is 1. The monoisotopic (exact) mass is 1010 g/mol. The SMILES string of the molecule is CC[C@H]1OC(=O)[C@H](C)[C@@H](O)[C@H](C)[C@@H](O[C@@H]2O[C@H](C)C[C@H](N(C)C)[C@H]2OC(C)=O)[C@](C)(OC)C[C@@H](C)C(=O)[C@H](C)[C@H]2N(CCCOc3cc(C(=O)Nc4c(Cl)cncc4Cl)ccc3OC)C(=O)O[C@]12C. The molecule has 2 amide bonds. The van der Waals surface area contributed by atoms with E-state index >= 15 is 0 Å². The summed E-state index contributed by atoms with van der Waals surface area (Å²) in [6.45, 7) is 15.3. The molecule has 18 nitrogen and oxygen atoms in total. The van der Waals surface area contributed by atoms with Crippen LogP contribution in [0.5, 0.6) is 11.5 Å². The van der Waals surface area contributed by atoms with Gasteiger partial charge in [0.15, 0.2) is 29.5 Å². The molecule has 20 heteroatoms. The zero-order valence-electron chi connectivity index (χ0n) is 41.9. The van der Waals surface area contributed by atoms with Crippen LogP contribution in [0.1, 0.15) is 98.4 Å². The van der Waals surface area contributed by atoms with Gasteiger partial charge in [0.25, 0.3) is 5.91 Å². The number of anilines is 1. The van der Waals surface area contributed by atoms with Crippen LogP contribution in [0.4, 0.5) is 10.5 Å². The number of aliphatic hydroxyl groups excluding tert-OH is 1. The number of ketones is 1. The van der Waals surface area contributed by atoms with Crippen LogP contribution in [0, 0.1) is 23.7 Å². The number of carbonyl (C=O) groups is 5. The molecule has 1 aromatic heterocycles. The van der Waals surface area contributed by atoms with Crippen molar-refractivity contribution in [2.24, 2.45) is 23.7 Å². The smallest absolute Gasteiger partial charge is 0.410 e. The van der Waals surface area contributed by atoms with Crippen LogP contribution in [0.3, 0.4) is 0 Å². The van der Waals surface area contributed by atoms with E-state index in [4.69, 9.17) is 61.1 Å². The summed E-state index contributed by atoms with van der Waals surface area (Å²) in [5, 5.41) is 15.1. The first-order valence-electron chi connectivity index (χ1n) is 23.4. The van der Waals surface area contributed by atoms with E-state index in [0.29, 0.717) is 12.2 Å². The highest BCUT2D eigenvalue weighted by Crippen LogP contribution is 2.44. The van der Waals surface area contributed by atoms with Crippen molar-refractivity contribution in [2.75, 3.05) is 46.8 Å². The molecule has 3 aliphatic rings. The number of pyridine rings is 1. The maximum Gasteiger partial charge on any atom is 0.410 e. The highest BCUT2D eigenvalue weighted by atomic mass is 35.5. The van der Waals surface area contributed by atoms with Crippen LogP contribution in [0.15, 0.2) is 30.6 Å². The van der Waals surface area contributed by atoms with E-state index in [1.54, 1.807) is 60.6 Å². The zero-order valence-corrected chi connectivity index (χ0v) is 43.4. The number of cyclic esters (lactones) is 1. The first-order chi connectivity index (χ1) is 32.4. The van der Waals surface area contributed by atoms with Crippen molar-refractivity contribution in [1.82, 2.24) is 14.8 Å². The third-order valence-corrected chi connectivity index (χ3v) is 14.5. The lowest BCUT2D eigenvalue weighted by molar-refractivity contribution is -0.303. The number of ether oxygens (including phenoxy) is 8. The summed E-state index contributed by atoms with van der Waals surface area (Å²) in [6, 6.07) is 3.41. The Hall–Kier alpha value is -4.30. The normalized spacial score (nSPS) is 33.5. The van der Waals surface area contributed by atoms with E-state index in [2.05, 4.69) is 10.3 Å². The molecule has 2 N–H and O–H groups in total. The van der Waals surface area contributed by atoms with Crippen LogP contribution in [0.25, 0.3) is 0 Å². The van der Waals surface area contributed by atoms with Gasteiger partial charge in [0, 0.05) is 56.3 Å². The number of aliphatic hydroxyl groups is 1. The number of halogens is 2. The molecule has 0 bridgehead atoms. The lowest BCUT2D eigenvalue weighted by Crippen LogP contribution is -2.61. The fourth-order valence-electron chi connectivity index (χ4n) is 10.2. The maximum atomic E-state index is 14.9. The standard InChI is InChI=1S/C49H70Cl2N4O14/c1-14-37-49(9)42(55(47(61)69-49)18-15-19-64-36-21-31(16-17-35(36)62-12)44(59)53-38-32(50)23-52-24-33(38)51)27(4)39(57)25(2)22-48(8,63-13)43(28(5)40(58)29(6)45(60)67-37)68-46-41(66-30(7)56)34(54(10)11)20-26(3)65-46/h16-17,21,23-29,34,37,40-43,46,58H,14-15,18-20,22H2,1-13H3,(H,52,53,59)/t25-,26-,27+,28+,29-,34+,37-,40+,41-,42-,43-,46+,48-,49-/m1/s1. The quantitative estimate of drug-likeness (QED) is 0.111. The van der Waals surface area contributed by atoms with E-state index in [0.717, 1.165) is 0 Å². The molecule has 4 heterocycles. The van der Waals surface area contributed by atoms with E-state index in [1.807, 2.05) is 25.9 Å². The Labute approximate surface area is 415 Å². The number of esters is 2. The number of aromatic nitrogens is 1. The molecule has 3 fully saturated rings. The Morgan fingerprint density at radius 1 is 1.01 bits per heavy atom. The molecule has 5 rings (SSSR count). The highest BCUT2D eigenvalue weighted by molar-refractivity contribution is 6.39. The Morgan fingerprint density at radius 3 is 2.28 bits per heavy atom. The number of likely N-dealkylation sites (N-methyl/N-ethyl adjacent to an activating group) is 1. The predicted molar refractivity (Wildman–Crippen MR) is 255 cm³/mol. The average molecular weight is 1010 g/mol. The number of carbonyl (C=O) groups excluding carboxylic acids is 5. The molecule has 0 saturated carbocycles. The number of nitrogens with one attached hydrogen (secondary N) is 1. The van der Waals surface area contributed by atoms with Gasteiger partial charge >= 0.3 is 18.0 Å². The van der Waals surface area contributed by atoms with Crippen LogP contribution >= 0.6 is 23.2 Å². The Bertz CT molecular complexity index is 2150. The summed E-state index contributed by atoms with van der Waals surface area (Å²) in [6.07, 6.45) is -2.68. The molecule has 0 radical (unpaired) electrons.